The minimum Gasteiger partial charge on any atom is -0.496 e. The zero-order valence-electron chi connectivity index (χ0n) is 12.0. The van der Waals surface area contributed by atoms with Gasteiger partial charge in [-0.2, -0.15) is 0 Å². The van der Waals surface area contributed by atoms with Crippen molar-refractivity contribution in [3.05, 3.63) is 22.7 Å². The highest BCUT2D eigenvalue weighted by Gasteiger charge is 2.14. The average molecular weight is 301 g/mol. The van der Waals surface area contributed by atoms with Gasteiger partial charge in [-0.05, 0) is 26.3 Å². The number of nitrogens with one attached hydrogen (secondary N) is 1. The smallest absolute Gasteiger partial charge is 0.255 e. The molecule has 1 rings (SSSR count). The minimum atomic E-state index is -0.242. The second-order valence-corrected chi connectivity index (χ2v) is 5.01. The fourth-order valence-electron chi connectivity index (χ4n) is 1.60. The molecule has 0 heterocycles. The third-order valence-electron chi connectivity index (χ3n) is 2.62. The number of nitrogens with two attached hydrogens (primary N) is 1. The summed E-state index contributed by atoms with van der Waals surface area (Å²) in [5.41, 5.74) is 6.42. The molecule has 6 heteroatoms. The highest BCUT2D eigenvalue weighted by molar-refractivity contribution is 6.33. The van der Waals surface area contributed by atoms with Crippen LogP contribution in [0.1, 0.15) is 30.6 Å². The van der Waals surface area contributed by atoms with Crippen molar-refractivity contribution in [1.82, 2.24) is 5.32 Å². The van der Waals surface area contributed by atoms with Crippen LogP contribution in [0.25, 0.3) is 0 Å². The number of hydrogen-bond acceptors (Lipinski definition) is 4. The number of carbonyl (C=O) groups excluding carboxylic acids is 1. The molecule has 1 aromatic carbocycles. The molecular formula is C14H21ClN2O3. The SMILES string of the molecule is COc1cc(N)c(Cl)cc1C(=O)NCCCOC(C)C. The molecule has 20 heavy (non-hydrogen) atoms. The van der Waals surface area contributed by atoms with E-state index in [1.54, 1.807) is 6.07 Å². The van der Waals surface area contributed by atoms with E-state index in [2.05, 4.69) is 5.32 Å². The summed E-state index contributed by atoms with van der Waals surface area (Å²) in [6.07, 6.45) is 0.941. The zero-order valence-corrected chi connectivity index (χ0v) is 12.8. The van der Waals surface area contributed by atoms with E-state index in [-0.39, 0.29) is 12.0 Å². The molecular weight excluding hydrogens is 280 g/mol. The summed E-state index contributed by atoms with van der Waals surface area (Å²) in [5.74, 6) is 0.163. The lowest BCUT2D eigenvalue weighted by Crippen LogP contribution is -2.26. The number of amides is 1. The number of nitrogen functional groups attached to an aromatic ring is 1. The van der Waals surface area contributed by atoms with Crippen LogP contribution in [-0.4, -0.2) is 32.3 Å². The largest absolute Gasteiger partial charge is 0.496 e. The van der Waals surface area contributed by atoms with Crippen molar-refractivity contribution in [3.8, 4) is 5.75 Å². The summed E-state index contributed by atoms with van der Waals surface area (Å²) < 4.78 is 10.5. The minimum absolute atomic E-state index is 0.196. The molecule has 1 aromatic rings. The Morgan fingerprint density at radius 3 is 2.75 bits per heavy atom. The number of ether oxygens (including phenoxy) is 2. The van der Waals surface area contributed by atoms with E-state index in [1.165, 1.54) is 13.2 Å². The fourth-order valence-corrected chi connectivity index (χ4v) is 1.77. The van der Waals surface area contributed by atoms with Crippen molar-refractivity contribution in [3.63, 3.8) is 0 Å². The molecule has 5 nitrogen and oxygen atoms in total. The molecule has 0 fully saturated rings. The standard InChI is InChI=1S/C14H21ClN2O3/c1-9(2)20-6-4-5-17-14(18)10-7-11(15)12(16)8-13(10)19-3/h7-9H,4-6,16H2,1-3H3,(H,17,18). The average Bonchev–Trinajstić information content (AvgIpc) is 2.40. The third kappa shape index (κ3) is 4.90. The maximum absolute atomic E-state index is 12.1. The van der Waals surface area contributed by atoms with Crippen molar-refractivity contribution in [2.75, 3.05) is 26.0 Å². The molecule has 0 aromatic heterocycles. The molecule has 0 aliphatic rings. The number of methoxy groups -OCH3 is 1. The number of halogens is 1. The number of rotatable bonds is 7. The molecule has 0 unspecified atom stereocenters. The van der Waals surface area contributed by atoms with Gasteiger partial charge in [-0.1, -0.05) is 11.6 Å². The van der Waals surface area contributed by atoms with E-state index in [1.807, 2.05) is 13.8 Å². The van der Waals surface area contributed by atoms with Crippen molar-refractivity contribution >= 4 is 23.2 Å². The van der Waals surface area contributed by atoms with Gasteiger partial charge in [-0.25, -0.2) is 0 Å². The molecule has 0 aliphatic heterocycles. The normalized spacial score (nSPS) is 10.7. The van der Waals surface area contributed by atoms with E-state index in [4.69, 9.17) is 26.8 Å². The fraction of sp³-hybridized carbons (Fsp3) is 0.500. The quantitative estimate of drug-likeness (QED) is 0.599. The molecule has 0 saturated heterocycles. The van der Waals surface area contributed by atoms with Crippen LogP contribution in [0, 0.1) is 0 Å². The van der Waals surface area contributed by atoms with Crippen LogP contribution in [-0.2, 0) is 4.74 Å². The van der Waals surface area contributed by atoms with Gasteiger partial charge in [0.2, 0.25) is 0 Å². The Bertz CT molecular complexity index is 464. The second-order valence-electron chi connectivity index (χ2n) is 4.60. The lowest BCUT2D eigenvalue weighted by atomic mass is 10.1. The monoisotopic (exact) mass is 300 g/mol. The first-order valence-electron chi connectivity index (χ1n) is 6.48. The second kappa shape index (κ2) is 7.97. The molecule has 0 aliphatic carbocycles. The Morgan fingerprint density at radius 2 is 2.15 bits per heavy atom. The van der Waals surface area contributed by atoms with E-state index < -0.39 is 0 Å². The van der Waals surface area contributed by atoms with E-state index >= 15 is 0 Å². The summed E-state index contributed by atoms with van der Waals surface area (Å²) >= 11 is 5.92. The molecule has 0 saturated carbocycles. The molecule has 0 radical (unpaired) electrons. The Hall–Kier alpha value is -1.46. The Balaban J connectivity index is 2.57. The van der Waals surface area contributed by atoms with Crippen molar-refractivity contribution in [1.29, 1.82) is 0 Å². The van der Waals surface area contributed by atoms with Gasteiger partial charge in [0.25, 0.3) is 5.91 Å². The van der Waals surface area contributed by atoms with Gasteiger partial charge in [0.15, 0.2) is 0 Å². The van der Waals surface area contributed by atoms with Crippen LogP contribution in [0.4, 0.5) is 5.69 Å². The Morgan fingerprint density at radius 1 is 1.45 bits per heavy atom. The number of benzene rings is 1. The topological polar surface area (TPSA) is 73.6 Å². The number of anilines is 1. The number of carbonyl (C=O) groups is 1. The van der Waals surface area contributed by atoms with Crippen molar-refractivity contribution < 1.29 is 14.3 Å². The summed E-state index contributed by atoms with van der Waals surface area (Å²) in [6, 6.07) is 3.05. The van der Waals surface area contributed by atoms with Gasteiger partial charge in [0.1, 0.15) is 5.75 Å². The van der Waals surface area contributed by atoms with Gasteiger partial charge in [-0.15, -0.1) is 0 Å². The van der Waals surface area contributed by atoms with Gasteiger partial charge >= 0.3 is 0 Å². The van der Waals surface area contributed by atoms with Crippen molar-refractivity contribution in [2.24, 2.45) is 0 Å². The van der Waals surface area contributed by atoms with Gasteiger partial charge in [0, 0.05) is 19.2 Å². The molecule has 112 valence electrons. The summed E-state index contributed by atoms with van der Waals surface area (Å²) in [4.78, 5) is 12.1. The first-order valence-corrected chi connectivity index (χ1v) is 6.86. The molecule has 3 N–H and O–H groups in total. The zero-order chi connectivity index (χ0) is 15.1. The van der Waals surface area contributed by atoms with Crippen molar-refractivity contribution in [2.45, 2.75) is 26.4 Å². The van der Waals surface area contributed by atoms with Crippen LogP contribution in [0.15, 0.2) is 12.1 Å². The molecule has 0 spiro atoms. The van der Waals surface area contributed by atoms with Gasteiger partial charge in [-0.3, -0.25) is 4.79 Å². The maximum Gasteiger partial charge on any atom is 0.255 e. The first kappa shape index (κ1) is 16.6. The van der Waals surface area contributed by atoms with E-state index in [0.29, 0.717) is 35.2 Å². The van der Waals surface area contributed by atoms with Gasteiger partial charge in [0.05, 0.1) is 29.5 Å². The summed E-state index contributed by atoms with van der Waals surface area (Å²) in [6.45, 7) is 5.08. The maximum atomic E-state index is 12.1. The van der Waals surface area contributed by atoms with Crippen LogP contribution in [0.2, 0.25) is 5.02 Å². The number of hydrogen-bond donors (Lipinski definition) is 2. The van der Waals surface area contributed by atoms with Gasteiger partial charge < -0.3 is 20.5 Å². The predicted octanol–water partition coefficient (Wildman–Crippen LogP) is 2.48. The Kier molecular flexibility index (Phi) is 6.61. The summed E-state index contributed by atoms with van der Waals surface area (Å²) in [7, 11) is 1.48. The Labute approximate surface area is 124 Å². The lowest BCUT2D eigenvalue weighted by Gasteiger charge is -2.12. The van der Waals surface area contributed by atoms with Crippen LogP contribution in [0.3, 0.4) is 0 Å². The molecule has 0 bridgehead atoms. The first-order chi connectivity index (χ1) is 9.45. The highest BCUT2D eigenvalue weighted by atomic mass is 35.5. The lowest BCUT2D eigenvalue weighted by molar-refractivity contribution is 0.0757. The highest BCUT2D eigenvalue weighted by Crippen LogP contribution is 2.28. The van der Waals surface area contributed by atoms with Crippen LogP contribution < -0.4 is 15.8 Å². The third-order valence-corrected chi connectivity index (χ3v) is 2.95. The molecule has 1 amide bonds. The molecule has 0 atom stereocenters. The predicted molar refractivity (Wildman–Crippen MR) is 80.5 cm³/mol. The van der Waals surface area contributed by atoms with E-state index in [9.17, 15) is 4.79 Å². The van der Waals surface area contributed by atoms with Crippen LogP contribution in [0.5, 0.6) is 5.75 Å². The van der Waals surface area contributed by atoms with E-state index in [0.717, 1.165) is 6.42 Å². The van der Waals surface area contributed by atoms with Crippen LogP contribution >= 0.6 is 11.6 Å². The summed E-state index contributed by atoms with van der Waals surface area (Å²) in [5, 5.41) is 3.13.